The van der Waals surface area contributed by atoms with Gasteiger partial charge in [0.05, 0.1) is 24.4 Å². The van der Waals surface area contributed by atoms with E-state index in [1.54, 1.807) is 5.48 Å². The maximum Gasteiger partial charge on any atom is 0.243 e. The van der Waals surface area contributed by atoms with Gasteiger partial charge in [0.1, 0.15) is 0 Å². The first-order chi connectivity index (χ1) is 23.2. The molecule has 2 amide bonds. The van der Waals surface area contributed by atoms with Crippen molar-refractivity contribution in [1.82, 2.24) is 10.4 Å². The van der Waals surface area contributed by atoms with Crippen LogP contribution >= 0.6 is 11.6 Å². The number of benzene rings is 3. The topological polar surface area (TPSA) is 141 Å². The molecule has 0 radical (unpaired) electrons. The van der Waals surface area contributed by atoms with Crippen molar-refractivity contribution in [2.75, 3.05) is 25.0 Å². The second-order valence-electron chi connectivity index (χ2n) is 12.8. The number of anilines is 1. The van der Waals surface area contributed by atoms with Gasteiger partial charge in [0.2, 0.25) is 11.8 Å². The van der Waals surface area contributed by atoms with E-state index in [9.17, 15) is 19.8 Å². The summed E-state index contributed by atoms with van der Waals surface area (Å²) in [5.74, 6) is -0.487. The van der Waals surface area contributed by atoms with Crippen molar-refractivity contribution < 1.29 is 34.5 Å². The van der Waals surface area contributed by atoms with Gasteiger partial charge < -0.3 is 29.9 Å². The molecule has 0 spiro atoms. The number of halogens is 1. The van der Waals surface area contributed by atoms with E-state index in [-0.39, 0.29) is 31.1 Å². The van der Waals surface area contributed by atoms with Crippen molar-refractivity contribution in [3.63, 3.8) is 0 Å². The van der Waals surface area contributed by atoms with Crippen LogP contribution in [0.1, 0.15) is 92.4 Å². The SMILES string of the molecule is O=C(CCCCCCC(=O)Nc1cccc(C2OC(CN3CCC(O)(c4ccc(Cl)cc4)CC3)CC(c3ccc(CO)cc3)O2)c1)NO. The normalized spacial score (nSPS) is 21.0. The Morgan fingerprint density at radius 3 is 2.23 bits per heavy atom. The van der Waals surface area contributed by atoms with Crippen molar-refractivity contribution in [2.45, 2.75) is 88.5 Å². The summed E-state index contributed by atoms with van der Waals surface area (Å²) >= 11 is 6.07. The van der Waals surface area contributed by atoms with Gasteiger partial charge in [-0.2, -0.15) is 0 Å². The van der Waals surface area contributed by atoms with Crippen LogP contribution in [0.25, 0.3) is 0 Å². The molecule has 3 aromatic rings. The molecule has 0 aromatic heterocycles. The van der Waals surface area contributed by atoms with E-state index >= 15 is 0 Å². The number of hydroxylamine groups is 1. The third-order valence-corrected chi connectivity index (χ3v) is 9.52. The van der Waals surface area contributed by atoms with Gasteiger partial charge in [0.25, 0.3) is 0 Å². The fourth-order valence-corrected chi connectivity index (χ4v) is 6.57. The number of amides is 2. The van der Waals surface area contributed by atoms with Crippen LogP contribution in [0.5, 0.6) is 0 Å². The van der Waals surface area contributed by atoms with Crippen LogP contribution in [0.15, 0.2) is 72.8 Å². The minimum absolute atomic E-state index is 0.0284. The number of aliphatic hydroxyl groups excluding tert-OH is 1. The number of ether oxygens (including phenoxy) is 2. The number of carbonyl (C=O) groups is 2. The average molecular weight is 680 g/mol. The lowest BCUT2D eigenvalue weighted by atomic mass is 9.84. The van der Waals surface area contributed by atoms with E-state index in [4.69, 9.17) is 26.3 Å². The molecule has 0 aliphatic carbocycles. The molecule has 48 heavy (non-hydrogen) atoms. The first-order valence-corrected chi connectivity index (χ1v) is 17.2. The molecule has 0 saturated carbocycles. The molecule has 2 heterocycles. The Morgan fingerprint density at radius 2 is 1.56 bits per heavy atom. The highest BCUT2D eigenvalue weighted by Gasteiger charge is 2.37. The fraction of sp³-hybridized carbons (Fsp3) is 0.459. The zero-order valence-corrected chi connectivity index (χ0v) is 27.9. The highest BCUT2D eigenvalue weighted by Crippen LogP contribution is 2.40. The fourth-order valence-electron chi connectivity index (χ4n) is 6.44. The lowest BCUT2D eigenvalue weighted by molar-refractivity contribution is -0.253. The van der Waals surface area contributed by atoms with Crippen molar-refractivity contribution in [2.24, 2.45) is 0 Å². The summed E-state index contributed by atoms with van der Waals surface area (Å²) in [6.07, 6.45) is 4.44. The molecule has 5 rings (SSSR count). The number of hydrogen-bond acceptors (Lipinski definition) is 8. The third kappa shape index (κ3) is 10.1. The standard InChI is InChI=1S/C37H46ClN3O7/c38-30-16-14-29(15-17-30)37(45)18-20-41(21-19-37)24-32-23-33(27-12-10-26(25-42)11-13-27)48-36(47-32)28-6-5-7-31(22-28)39-34(43)8-3-1-2-4-9-35(44)40-46/h5-7,10-17,22,32-33,36,42,45-46H,1-4,8-9,18-21,23-25H2,(H,39,43)(H,40,44). The van der Waals surface area contributed by atoms with Crippen LogP contribution < -0.4 is 10.8 Å². The van der Waals surface area contributed by atoms with Gasteiger partial charge >= 0.3 is 0 Å². The maximum absolute atomic E-state index is 12.7. The molecule has 3 aromatic carbocycles. The van der Waals surface area contributed by atoms with Crippen LogP contribution in [0.4, 0.5) is 5.69 Å². The molecule has 5 N–H and O–H groups in total. The van der Waals surface area contributed by atoms with Crippen LogP contribution in [-0.2, 0) is 31.3 Å². The summed E-state index contributed by atoms with van der Waals surface area (Å²) < 4.78 is 13.1. The molecule has 2 saturated heterocycles. The molecule has 0 bridgehead atoms. The van der Waals surface area contributed by atoms with E-state index in [0.717, 1.165) is 48.2 Å². The minimum Gasteiger partial charge on any atom is -0.392 e. The number of nitrogens with one attached hydrogen (secondary N) is 2. The lowest BCUT2D eigenvalue weighted by Crippen LogP contribution is -2.46. The molecule has 2 aliphatic heterocycles. The molecule has 2 aliphatic rings. The number of hydrogen-bond donors (Lipinski definition) is 5. The van der Waals surface area contributed by atoms with Crippen LogP contribution in [0, 0.1) is 0 Å². The molecule has 11 heteroatoms. The number of likely N-dealkylation sites (tertiary alicyclic amines) is 1. The molecule has 2 fully saturated rings. The van der Waals surface area contributed by atoms with Crippen molar-refractivity contribution >= 4 is 29.1 Å². The van der Waals surface area contributed by atoms with E-state index < -0.39 is 17.8 Å². The van der Waals surface area contributed by atoms with E-state index in [1.807, 2.05) is 72.8 Å². The molecular formula is C37H46ClN3O7. The van der Waals surface area contributed by atoms with Gasteiger partial charge in [-0.1, -0.05) is 73.0 Å². The monoisotopic (exact) mass is 679 g/mol. The second kappa shape index (κ2) is 17.3. The first-order valence-electron chi connectivity index (χ1n) is 16.8. The van der Waals surface area contributed by atoms with Crippen molar-refractivity contribution in [1.29, 1.82) is 0 Å². The smallest absolute Gasteiger partial charge is 0.243 e. The zero-order chi connectivity index (χ0) is 33.9. The van der Waals surface area contributed by atoms with Crippen molar-refractivity contribution in [3.05, 3.63) is 100 Å². The van der Waals surface area contributed by atoms with Gasteiger partial charge in [-0.3, -0.25) is 14.8 Å². The number of rotatable bonds is 14. The Balaban J connectivity index is 1.21. The summed E-state index contributed by atoms with van der Waals surface area (Å²) in [5.41, 5.74) is 4.92. The van der Waals surface area contributed by atoms with Crippen molar-refractivity contribution in [3.8, 4) is 0 Å². The number of nitrogens with zero attached hydrogens (tertiary/aromatic N) is 1. The first kappa shape index (κ1) is 35.9. The summed E-state index contributed by atoms with van der Waals surface area (Å²) in [5, 5.41) is 33.1. The van der Waals surface area contributed by atoms with E-state index in [0.29, 0.717) is 55.8 Å². The Bertz CT molecular complexity index is 1480. The average Bonchev–Trinajstić information content (AvgIpc) is 3.11. The van der Waals surface area contributed by atoms with Crippen LogP contribution in [0.2, 0.25) is 5.02 Å². The van der Waals surface area contributed by atoms with E-state index in [1.165, 1.54) is 0 Å². The Morgan fingerprint density at radius 1 is 0.875 bits per heavy atom. The molecule has 3 unspecified atom stereocenters. The Hall–Kier alpha value is -3.35. The highest BCUT2D eigenvalue weighted by molar-refractivity contribution is 6.30. The minimum atomic E-state index is -0.888. The number of piperidine rings is 1. The summed E-state index contributed by atoms with van der Waals surface area (Å²) in [6, 6.07) is 22.8. The van der Waals surface area contributed by atoms with Gasteiger partial charge in [0, 0.05) is 55.2 Å². The third-order valence-electron chi connectivity index (χ3n) is 9.27. The van der Waals surface area contributed by atoms with E-state index in [2.05, 4.69) is 10.2 Å². The quantitative estimate of drug-likeness (QED) is 0.0777. The molecule has 258 valence electrons. The highest BCUT2D eigenvalue weighted by atomic mass is 35.5. The zero-order valence-electron chi connectivity index (χ0n) is 27.2. The van der Waals surface area contributed by atoms with Crippen LogP contribution in [-0.4, -0.2) is 57.9 Å². The largest absolute Gasteiger partial charge is 0.392 e. The predicted octanol–water partition coefficient (Wildman–Crippen LogP) is 6.15. The summed E-state index contributed by atoms with van der Waals surface area (Å²) in [4.78, 5) is 26.1. The molecule has 3 atom stereocenters. The lowest BCUT2D eigenvalue weighted by Gasteiger charge is -2.42. The predicted molar refractivity (Wildman–Crippen MR) is 182 cm³/mol. The number of unbranched alkanes of at least 4 members (excludes halogenated alkanes) is 3. The van der Waals surface area contributed by atoms with Gasteiger partial charge in [-0.25, -0.2) is 5.48 Å². The number of aliphatic hydroxyl groups is 2. The second-order valence-corrected chi connectivity index (χ2v) is 13.2. The van der Waals surface area contributed by atoms with Gasteiger partial charge in [0.15, 0.2) is 6.29 Å². The van der Waals surface area contributed by atoms with Crippen LogP contribution in [0.3, 0.4) is 0 Å². The molecule has 10 nitrogen and oxygen atoms in total. The Labute approximate surface area is 287 Å². The van der Waals surface area contributed by atoms with Gasteiger partial charge in [-0.15, -0.1) is 0 Å². The maximum atomic E-state index is 12.7. The molecular weight excluding hydrogens is 634 g/mol. The summed E-state index contributed by atoms with van der Waals surface area (Å²) in [7, 11) is 0. The summed E-state index contributed by atoms with van der Waals surface area (Å²) in [6.45, 7) is 2.10. The number of carbonyl (C=O) groups excluding carboxylic acids is 2. The Kier molecular flexibility index (Phi) is 13.0. The van der Waals surface area contributed by atoms with Gasteiger partial charge in [-0.05, 0) is 66.6 Å².